The zero-order chi connectivity index (χ0) is 24.3. The molecule has 0 bridgehead atoms. The van der Waals surface area contributed by atoms with Crippen LogP contribution < -0.4 is 0 Å². The number of hydrogen-bond donors (Lipinski definition) is 1. The van der Waals surface area contributed by atoms with Gasteiger partial charge in [-0.05, 0) is 0 Å². The largest absolute Gasteiger partial charge is 0.434 e. The molecule has 0 aliphatic carbocycles. The Balaban J connectivity index is 0.000000538. The van der Waals surface area contributed by atoms with E-state index >= 15 is 0 Å². The quantitative estimate of drug-likeness (QED) is 0.181. The molecular weight excluding hydrogens is 487 g/mol. The molecule has 36 heavy (non-hydrogen) atoms. The molecule has 0 heterocycles. The smallest absolute Gasteiger partial charge is 0.101 e. The summed E-state index contributed by atoms with van der Waals surface area (Å²) >= 11 is 0. The summed E-state index contributed by atoms with van der Waals surface area (Å²) in [6.45, 7) is 0. The Morgan fingerprint density at radius 3 is 1.42 bits per heavy atom. The maximum absolute atomic E-state index is 13.7. The number of benzene rings is 4. The predicted molar refractivity (Wildman–Crippen MR) is 141 cm³/mol. The summed E-state index contributed by atoms with van der Waals surface area (Å²) in [7, 11) is 0. The number of aliphatic hydroxyl groups is 1. The third kappa shape index (κ3) is 6.77. The number of carbonyl (C=O) groups excluding carboxylic acids is 1. The minimum absolute atomic E-state index is 0. The second kappa shape index (κ2) is 13.8. The van der Waals surface area contributed by atoms with E-state index in [9.17, 15) is 9.90 Å². The molecule has 2 nitrogen and oxygen atoms in total. The Morgan fingerprint density at radius 1 is 0.556 bits per heavy atom. The maximum atomic E-state index is 13.7. The van der Waals surface area contributed by atoms with Gasteiger partial charge in [0, 0.05) is 16.8 Å². The van der Waals surface area contributed by atoms with E-state index in [1.165, 1.54) is 0 Å². The van der Waals surface area contributed by atoms with Gasteiger partial charge in [0.15, 0.2) is 0 Å². The van der Waals surface area contributed by atoms with Crippen molar-refractivity contribution < 1.29 is 26.7 Å². The van der Waals surface area contributed by atoms with Crippen molar-refractivity contribution >= 4 is 5.78 Å². The first-order chi connectivity index (χ1) is 17.3. The zero-order valence-corrected chi connectivity index (χ0v) is 20.7. The third-order valence-corrected chi connectivity index (χ3v) is 5.48. The second-order valence-electron chi connectivity index (χ2n) is 7.85. The van der Waals surface area contributed by atoms with E-state index < -0.39 is 0 Å². The summed E-state index contributed by atoms with van der Waals surface area (Å²) < 4.78 is 0. The molecule has 0 aliphatic rings. The van der Waals surface area contributed by atoms with E-state index in [2.05, 4.69) is 0 Å². The van der Waals surface area contributed by atoms with Crippen molar-refractivity contribution in [2.45, 2.75) is 0 Å². The van der Waals surface area contributed by atoms with Crippen LogP contribution in [0.25, 0.3) is 0 Å². The molecular formula is C33H26CoO2-4. The first-order valence-electron chi connectivity index (χ1n) is 11.5. The van der Waals surface area contributed by atoms with Gasteiger partial charge < -0.3 is 9.90 Å². The van der Waals surface area contributed by atoms with Crippen LogP contribution in [0, 0.1) is 17.9 Å². The van der Waals surface area contributed by atoms with E-state index in [1.54, 1.807) is 12.1 Å². The van der Waals surface area contributed by atoms with Gasteiger partial charge in [-0.2, -0.15) is 59.5 Å². The summed E-state index contributed by atoms with van der Waals surface area (Å²) in [5, 5.41) is 11.4. The van der Waals surface area contributed by atoms with Crippen LogP contribution in [0.3, 0.4) is 0 Å². The molecule has 1 radical (unpaired) electrons. The van der Waals surface area contributed by atoms with Crippen LogP contribution in [0.5, 0.6) is 0 Å². The minimum atomic E-state index is -0.136. The van der Waals surface area contributed by atoms with E-state index in [0.29, 0.717) is 23.0 Å². The maximum Gasteiger partial charge on any atom is 0.101 e. The van der Waals surface area contributed by atoms with Gasteiger partial charge in [-0.25, -0.2) is 12.1 Å². The summed E-state index contributed by atoms with van der Waals surface area (Å²) in [5.41, 5.74) is 2.77. The molecule has 1 N–H and O–H groups in total. The average Bonchev–Trinajstić information content (AvgIpc) is 3.53. The first kappa shape index (κ1) is 26.6. The van der Waals surface area contributed by atoms with E-state index in [0.717, 1.165) is 11.1 Å². The molecule has 5 rings (SSSR count). The third-order valence-electron chi connectivity index (χ3n) is 5.48. The van der Waals surface area contributed by atoms with Gasteiger partial charge in [0.1, 0.15) is 5.78 Å². The minimum Gasteiger partial charge on any atom is -0.434 e. The molecule has 0 saturated carbocycles. The number of ketones is 1. The van der Waals surface area contributed by atoms with E-state index in [4.69, 9.17) is 0 Å². The molecule has 0 aliphatic heterocycles. The van der Waals surface area contributed by atoms with Gasteiger partial charge in [-0.3, -0.25) is 0 Å². The van der Waals surface area contributed by atoms with Crippen LogP contribution in [0.2, 0.25) is 0 Å². The standard InChI is InChI=1S/C28H21O2.C5H5.Co/c29-27(23-17-9-3-10-18-23)25(21-13-5-1-6-14-21)26(22-15-7-2-8-16-22)28(30)24-19-11-4-12-20-24;1-2-4-5-3-1;/h1-20,29H;1-5H;/q-3;-1;. The molecule has 183 valence electrons. The van der Waals surface area contributed by atoms with Crippen molar-refractivity contribution in [2.24, 2.45) is 0 Å². The van der Waals surface area contributed by atoms with Crippen LogP contribution in [0.1, 0.15) is 27.0 Å². The monoisotopic (exact) mass is 513 g/mol. The number of rotatable bonds is 7. The molecule has 5 aromatic rings. The predicted octanol–water partition coefficient (Wildman–Crippen LogP) is 7.47. The van der Waals surface area contributed by atoms with Crippen LogP contribution in [0.15, 0.2) is 152 Å². The second-order valence-corrected chi connectivity index (χ2v) is 7.85. The molecule has 0 unspecified atom stereocenters. The Labute approximate surface area is 223 Å². The molecule has 0 atom stereocenters. The van der Waals surface area contributed by atoms with Crippen LogP contribution in [-0.2, 0) is 16.8 Å². The van der Waals surface area contributed by atoms with Gasteiger partial charge in [0.2, 0.25) is 0 Å². The van der Waals surface area contributed by atoms with E-state index in [-0.39, 0.29) is 28.7 Å². The molecule has 0 fully saturated rings. The van der Waals surface area contributed by atoms with Gasteiger partial charge in [-0.1, -0.05) is 60.2 Å². The topological polar surface area (TPSA) is 37.3 Å². The van der Waals surface area contributed by atoms with Gasteiger partial charge >= 0.3 is 0 Å². The molecule has 0 spiro atoms. The van der Waals surface area contributed by atoms with Gasteiger partial charge in [-0.15, -0.1) is 60.0 Å². The molecule has 3 heteroatoms. The summed E-state index contributed by atoms with van der Waals surface area (Å²) in [6.07, 6.45) is 0.0740. The summed E-state index contributed by atoms with van der Waals surface area (Å²) in [4.78, 5) is 13.7. The van der Waals surface area contributed by atoms with E-state index in [1.807, 2.05) is 140 Å². The Bertz CT molecular complexity index is 1240. The fraction of sp³-hybridized carbons (Fsp3) is 0. The number of carbonyl (C=O) groups is 1. The van der Waals surface area contributed by atoms with Crippen molar-refractivity contribution in [3.63, 3.8) is 0 Å². The fourth-order valence-corrected chi connectivity index (χ4v) is 3.79. The average molecular weight is 514 g/mol. The van der Waals surface area contributed by atoms with Crippen molar-refractivity contribution in [1.29, 1.82) is 0 Å². The van der Waals surface area contributed by atoms with Crippen molar-refractivity contribution in [1.82, 2.24) is 0 Å². The molecule has 0 amide bonds. The number of hydrogen-bond acceptors (Lipinski definition) is 2. The molecule has 0 aromatic heterocycles. The fourth-order valence-electron chi connectivity index (χ4n) is 3.79. The Kier molecular flexibility index (Phi) is 10.2. The van der Waals surface area contributed by atoms with Crippen LogP contribution >= 0.6 is 0 Å². The van der Waals surface area contributed by atoms with Crippen molar-refractivity contribution in [3.05, 3.63) is 192 Å². The summed E-state index contributed by atoms with van der Waals surface area (Å²) in [6, 6.07) is 47.6. The van der Waals surface area contributed by atoms with Crippen LogP contribution in [-0.4, -0.2) is 10.9 Å². The normalized spacial score (nSPS) is 9.69. The van der Waals surface area contributed by atoms with Crippen LogP contribution in [0.4, 0.5) is 0 Å². The molecule has 0 saturated heterocycles. The number of Topliss-reactive ketones (excluding diaryl/α,β-unsaturated/α-hetero) is 1. The van der Waals surface area contributed by atoms with Crippen molar-refractivity contribution in [2.75, 3.05) is 0 Å². The molecule has 5 aromatic carbocycles. The van der Waals surface area contributed by atoms with Gasteiger partial charge in [0.25, 0.3) is 0 Å². The SMILES string of the molecule is O=C(c1ccccc1)[C-](c1ccccc1)[C-](c1ccccc1)[C-](O)c1ccccc1.[Co].c1cc[cH-]c1. The zero-order valence-electron chi connectivity index (χ0n) is 19.6. The summed E-state index contributed by atoms with van der Waals surface area (Å²) in [5.74, 6) is 0.847. The number of aliphatic hydroxyl groups excluding tert-OH is 1. The van der Waals surface area contributed by atoms with Crippen molar-refractivity contribution in [3.8, 4) is 0 Å². The van der Waals surface area contributed by atoms with Gasteiger partial charge in [0.05, 0.1) is 0 Å². The Morgan fingerprint density at radius 2 is 0.972 bits per heavy atom. The Hall–Kier alpha value is -4.02. The first-order valence-corrected chi connectivity index (χ1v) is 11.5.